The first-order chi connectivity index (χ1) is 11.9. The molecule has 2 aromatic rings. The maximum atomic E-state index is 13.2. The number of rotatable bonds is 4. The Balaban J connectivity index is 1.83. The topological polar surface area (TPSA) is 58.6 Å². The zero-order valence-electron chi connectivity index (χ0n) is 13.7. The third kappa shape index (κ3) is 3.30. The average Bonchev–Trinajstić information content (AvgIpc) is 2.84. The smallest absolute Gasteiger partial charge is 0.256 e. The number of methoxy groups -OCH3 is 1. The van der Waals surface area contributed by atoms with Gasteiger partial charge in [-0.1, -0.05) is 11.6 Å². The molecule has 0 radical (unpaired) electrons. The van der Waals surface area contributed by atoms with Crippen molar-refractivity contribution in [3.63, 3.8) is 0 Å². The summed E-state index contributed by atoms with van der Waals surface area (Å²) in [5.41, 5.74) is 1.66. The van der Waals surface area contributed by atoms with Crippen molar-refractivity contribution >= 4 is 34.8 Å². The summed E-state index contributed by atoms with van der Waals surface area (Å²) in [5, 5.41) is 3.33. The number of carbonyl (C=O) groups excluding carboxylic acids is 2. The minimum Gasteiger partial charge on any atom is -0.495 e. The Morgan fingerprint density at radius 3 is 2.64 bits per heavy atom. The van der Waals surface area contributed by atoms with E-state index in [4.69, 9.17) is 16.3 Å². The van der Waals surface area contributed by atoms with Crippen LogP contribution in [0.5, 0.6) is 5.75 Å². The van der Waals surface area contributed by atoms with Crippen molar-refractivity contribution in [2.45, 2.75) is 19.4 Å². The molecule has 25 heavy (non-hydrogen) atoms. The maximum Gasteiger partial charge on any atom is 0.256 e. The maximum absolute atomic E-state index is 13.2. The number of halogens is 2. The van der Waals surface area contributed by atoms with Gasteiger partial charge in [-0.2, -0.15) is 0 Å². The van der Waals surface area contributed by atoms with Crippen molar-refractivity contribution in [1.82, 2.24) is 0 Å². The number of benzene rings is 2. The summed E-state index contributed by atoms with van der Waals surface area (Å²) in [6.45, 7) is 1.73. The first-order valence-corrected chi connectivity index (χ1v) is 8.01. The van der Waals surface area contributed by atoms with E-state index >= 15 is 0 Å². The van der Waals surface area contributed by atoms with Crippen LogP contribution >= 0.6 is 11.6 Å². The zero-order valence-corrected chi connectivity index (χ0v) is 14.4. The van der Waals surface area contributed by atoms with E-state index in [9.17, 15) is 14.0 Å². The van der Waals surface area contributed by atoms with E-state index in [1.807, 2.05) is 0 Å². The van der Waals surface area contributed by atoms with Crippen LogP contribution in [-0.4, -0.2) is 25.0 Å². The van der Waals surface area contributed by atoms with Gasteiger partial charge >= 0.3 is 0 Å². The average molecular weight is 363 g/mol. The van der Waals surface area contributed by atoms with Gasteiger partial charge < -0.3 is 10.1 Å². The van der Waals surface area contributed by atoms with E-state index in [0.717, 1.165) is 4.90 Å². The van der Waals surface area contributed by atoms with Gasteiger partial charge in [0, 0.05) is 5.69 Å². The van der Waals surface area contributed by atoms with Gasteiger partial charge in [0.2, 0.25) is 5.91 Å². The molecule has 1 saturated heterocycles. The Morgan fingerprint density at radius 2 is 2.00 bits per heavy atom. The quantitative estimate of drug-likeness (QED) is 0.845. The number of hydrogen-bond donors (Lipinski definition) is 1. The normalized spacial score (nSPS) is 17.1. The van der Waals surface area contributed by atoms with Crippen LogP contribution in [0.2, 0.25) is 5.02 Å². The molecule has 1 unspecified atom stereocenters. The highest BCUT2D eigenvalue weighted by molar-refractivity contribution is 6.33. The molecule has 130 valence electrons. The lowest BCUT2D eigenvalue weighted by atomic mass is 10.1. The molecule has 1 aliphatic rings. The number of nitrogens with one attached hydrogen (secondary N) is 1. The Morgan fingerprint density at radius 1 is 1.24 bits per heavy atom. The van der Waals surface area contributed by atoms with Gasteiger partial charge in [0.25, 0.3) is 5.91 Å². The summed E-state index contributed by atoms with van der Waals surface area (Å²) < 4.78 is 18.3. The fraction of sp³-hybridized carbons (Fsp3) is 0.222. The van der Waals surface area contributed by atoms with Crippen molar-refractivity contribution in [2.24, 2.45) is 0 Å². The Hall–Kier alpha value is -2.60. The second kappa shape index (κ2) is 6.72. The molecule has 0 bridgehead atoms. The molecule has 0 spiro atoms. The van der Waals surface area contributed by atoms with Crippen LogP contribution in [0.4, 0.5) is 15.8 Å². The van der Waals surface area contributed by atoms with Crippen molar-refractivity contribution < 1.29 is 18.7 Å². The second-order valence-corrected chi connectivity index (χ2v) is 6.15. The molecule has 7 heteroatoms. The van der Waals surface area contributed by atoms with Crippen LogP contribution in [0.1, 0.15) is 12.0 Å². The van der Waals surface area contributed by atoms with Crippen LogP contribution in [0, 0.1) is 12.7 Å². The van der Waals surface area contributed by atoms with Gasteiger partial charge in [-0.05, 0) is 48.9 Å². The van der Waals surface area contributed by atoms with Gasteiger partial charge in [0.1, 0.15) is 17.6 Å². The lowest BCUT2D eigenvalue weighted by Gasteiger charge is -2.17. The second-order valence-electron chi connectivity index (χ2n) is 5.75. The number of aryl methyl sites for hydroxylation is 1. The Kier molecular flexibility index (Phi) is 4.63. The predicted octanol–water partition coefficient (Wildman–Crippen LogP) is 3.54. The lowest BCUT2D eigenvalue weighted by molar-refractivity contribution is -0.121. The molecule has 1 heterocycles. The summed E-state index contributed by atoms with van der Waals surface area (Å²) in [4.78, 5) is 26.1. The van der Waals surface area contributed by atoms with Crippen LogP contribution in [0.25, 0.3) is 0 Å². The van der Waals surface area contributed by atoms with Gasteiger partial charge in [0.15, 0.2) is 0 Å². The number of amides is 2. The molecular formula is C18H16ClFN2O3. The molecule has 1 aliphatic heterocycles. The lowest BCUT2D eigenvalue weighted by Crippen LogP contribution is -2.34. The zero-order chi connectivity index (χ0) is 18.1. The number of ether oxygens (including phenoxy) is 1. The third-order valence-electron chi connectivity index (χ3n) is 4.06. The third-order valence-corrected chi connectivity index (χ3v) is 4.35. The number of imide groups is 1. The number of hydrogen-bond acceptors (Lipinski definition) is 4. The number of anilines is 2. The summed E-state index contributed by atoms with van der Waals surface area (Å²) in [5.74, 6) is -0.606. The van der Waals surface area contributed by atoms with Crippen LogP contribution < -0.4 is 15.0 Å². The molecule has 1 fully saturated rings. The molecule has 2 amide bonds. The first-order valence-electron chi connectivity index (χ1n) is 7.63. The molecular weight excluding hydrogens is 347 g/mol. The van der Waals surface area contributed by atoms with E-state index in [0.29, 0.717) is 27.7 Å². The number of nitrogens with zero attached hydrogens (tertiary/aromatic N) is 1. The van der Waals surface area contributed by atoms with Crippen molar-refractivity contribution in [1.29, 1.82) is 0 Å². The Labute approximate surface area is 149 Å². The monoisotopic (exact) mass is 362 g/mol. The molecule has 0 aromatic heterocycles. The summed E-state index contributed by atoms with van der Waals surface area (Å²) in [6, 6.07) is 8.23. The van der Waals surface area contributed by atoms with E-state index in [2.05, 4.69) is 5.32 Å². The van der Waals surface area contributed by atoms with Gasteiger partial charge in [-0.15, -0.1) is 0 Å². The summed E-state index contributed by atoms with van der Waals surface area (Å²) >= 11 is 6.08. The predicted molar refractivity (Wildman–Crippen MR) is 93.7 cm³/mol. The van der Waals surface area contributed by atoms with Crippen molar-refractivity contribution in [3.05, 3.63) is 52.8 Å². The highest BCUT2D eigenvalue weighted by Crippen LogP contribution is 2.32. The van der Waals surface area contributed by atoms with Gasteiger partial charge in [-0.25, -0.2) is 9.29 Å². The summed E-state index contributed by atoms with van der Waals surface area (Å²) in [7, 11) is 1.48. The van der Waals surface area contributed by atoms with Crippen molar-refractivity contribution in [3.8, 4) is 5.75 Å². The van der Waals surface area contributed by atoms with Gasteiger partial charge in [0.05, 0.1) is 24.2 Å². The molecule has 0 saturated carbocycles. The minimum absolute atomic E-state index is 0.0132. The molecule has 3 rings (SSSR count). The standard InChI is InChI=1S/C18H16ClFN2O3/c1-10-7-11(20)3-5-14(10)21-15-9-17(23)22(18(15)24)12-4-6-16(25-2)13(19)8-12/h3-8,15,21H,9H2,1-2H3. The van der Waals surface area contributed by atoms with Crippen LogP contribution in [-0.2, 0) is 9.59 Å². The van der Waals surface area contributed by atoms with Crippen LogP contribution in [0.15, 0.2) is 36.4 Å². The molecule has 1 atom stereocenters. The SMILES string of the molecule is COc1ccc(N2C(=O)CC(Nc3ccc(F)cc3C)C2=O)cc1Cl. The fourth-order valence-electron chi connectivity index (χ4n) is 2.79. The molecule has 5 nitrogen and oxygen atoms in total. The van der Waals surface area contributed by atoms with E-state index in [-0.39, 0.29) is 24.1 Å². The van der Waals surface area contributed by atoms with E-state index < -0.39 is 6.04 Å². The summed E-state index contributed by atoms with van der Waals surface area (Å²) in [6.07, 6.45) is 0.0132. The number of carbonyl (C=O) groups is 2. The first kappa shape index (κ1) is 17.2. The van der Waals surface area contributed by atoms with Gasteiger partial charge in [-0.3, -0.25) is 9.59 Å². The molecule has 1 N–H and O–H groups in total. The van der Waals surface area contributed by atoms with E-state index in [1.54, 1.807) is 25.1 Å². The largest absolute Gasteiger partial charge is 0.495 e. The minimum atomic E-state index is -0.711. The van der Waals surface area contributed by atoms with Crippen molar-refractivity contribution in [2.75, 3.05) is 17.3 Å². The van der Waals surface area contributed by atoms with E-state index in [1.165, 1.54) is 25.3 Å². The Bertz CT molecular complexity index is 856. The fourth-order valence-corrected chi connectivity index (χ4v) is 3.04. The van der Waals surface area contributed by atoms with Crippen LogP contribution in [0.3, 0.4) is 0 Å². The highest BCUT2D eigenvalue weighted by atomic mass is 35.5. The molecule has 0 aliphatic carbocycles. The highest BCUT2D eigenvalue weighted by Gasteiger charge is 2.39. The molecule has 2 aromatic carbocycles.